The highest BCUT2D eigenvalue weighted by Crippen LogP contribution is 2.28. The van der Waals surface area contributed by atoms with Crippen molar-refractivity contribution in [2.75, 3.05) is 6.61 Å². The summed E-state index contributed by atoms with van der Waals surface area (Å²) in [6, 6.07) is 15.2. The number of nitrogens with zero attached hydrogens (tertiary/aromatic N) is 2. The summed E-state index contributed by atoms with van der Waals surface area (Å²) in [5.74, 6) is 2.35. The lowest BCUT2D eigenvalue weighted by molar-refractivity contribution is 0.242. The van der Waals surface area contributed by atoms with E-state index in [2.05, 4.69) is 26.1 Å². The second-order valence-corrected chi connectivity index (χ2v) is 5.51. The highest BCUT2D eigenvalue weighted by molar-refractivity contribution is 9.10. The number of aromatic nitrogens is 2. The molecule has 6 heteroatoms. The molecule has 0 amide bonds. The fourth-order valence-corrected chi connectivity index (χ4v) is 2.46. The zero-order chi connectivity index (χ0) is 16.1. The van der Waals surface area contributed by atoms with Crippen LogP contribution in [0.4, 0.5) is 0 Å². The fraction of sp³-hybridized carbons (Fsp3) is 0.176. The highest BCUT2D eigenvalue weighted by atomic mass is 79.9. The number of para-hydroxylation sites is 2. The minimum atomic E-state index is 0.201. The van der Waals surface area contributed by atoms with Gasteiger partial charge in [0.25, 0.3) is 5.89 Å². The van der Waals surface area contributed by atoms with Crippen LogP contribution in [0.25, 0.3) is 11.4 Å². The lowest BCUT2D eigenvalue weighted by Gasteiger charge is -2.06. The van der Waals surface area contributed by atoms with Crippen molar-refractivity contribution in [1.29, 1.82) is 0 Å². The second kappa shape index (κ2) is 7.28. The standard InChI is InChI=1S/C17H15BrN2O3/c1-2-21-14-9-5-3-7-12(14)17-19-16(23-20-17)11-22-15-10-6-4-8-13(15)18/h3-10H,2,11H2,1H3. The normalized spacial score (nSPS) is 10.5. The first kappa shape index (κ1) is 15.6. The molecule has 0 aliphatic carbocycles. The molecule has 0 bridgehead atoms. The molecule has 0 spiro atoms. The van der Waals surface area contributed by atoms with Crippen LogP contribution in [0.3, 0.4) is 0 Å². The van der Waals surface area contributed by atoms with Crippen molar-refractivity contribution in [3.63, 3.8) is 0 Å². The van der Waals surface area contributed by atoms with Crippen LogP contribution < -0.4 is 9.47 Å². The molecule has 1 aromatic heterocycles. The van der Waals surface area contributed by atoms with Crippen molar-refractivity contribution >= 4 is 15.9 Å². The van der Waals surface area contributed by atoms with Crippen LogP contribution in [0.5, 0.6) is 11.5 Å². The monoisotopic (exact) mass is 374 g/mol. The predicted octanol–water partition coefficient (Wildman–Crippen LogP) is 4.48. The second-order valence-electron chi connectivity index (χ2n) is 4.66. The van der Waals surface area contributed by atoms with Crippen molar-refractivity contribution in [1.82, 2.24) is 10.1 Å². The Morgan fingerprint density at radius 2 is 1.74 bits per heavy atom. The molecule has 0 aliphatic heterocycles. The Labute approximate surface area is 142 Å². The van der Waals surface area contributed by atoms with E-state index in [1.54, 1.807) is 0 Å². The smallest absolute Gasteiger partial charge is 0.264 e. The quantitative estimate of drug-likeness (QED) is 0.636. The van der Waals surface area contributed by atoms with E-state index in [0.717, 1.165) is 21.5 Å². The minimum absolute atomic E-state index is 0.201. The molecule has 5 nitrogen and oxygen atoms in total. The number of benzene rings is 2. The first-order valence-electron chi connectivity index (χ1n) is 7.20. The summed E-state index contributed by atoms with van der Waals surface area (Å²) in [5, 5.41) is 4.01. The Morgan fingerprint density at radius 1 is 1.00 bits per heavy atom. The molecule has 0 saturated heterocycles. The summed E-state index contributed by atoms with van der Waals surface area (Å²) in [5.41, 5.74) is 0.797. The maximum Gasteiger partial charge on any atom is 0.264 e. The maximum atomic E-state index is 5.68. The summed E-state index contributed by atoms with van der Waals surface area (Å²) in [6.07, 6.45) is 0. The summed E-state index contributed by atoms with van der Waals surface area (Å²) in [7, 11) is 0. The van der Waals surface area contributed by atoms with Crippen molar-refractivity contribution < 1.29 is 14.0 Å². The Bertz CT molecular complexity index is 789. The number of halogens is 1. The fourth-order valence-electron chi connectivity index (χ4n) is 2.06. The van der Waals surface area contributed by atoms with Gasteiger partial charge in [-0.2, -0.15) is 4.98 Å². The van der Waals surface area contributed by atoms with E-state index in [4.69, 9.17) is 14.0 Å². The third kappa shape index (κ3) is 3.71. The lowest BCUT2D eigenvalue weighted by atomic mass is 10.2. The zero-order valence-electron chi connectivity index (χ0n) is 12.5. The molecular weight excluding hydrogens is 360 g/mol. The molecule has 0 unspecified atom stereocenters. The highest BCUT2D eigenvalue weighted by Gasteiger charge is 2.13. The molecule has 2 aromatic carbocycles. The van der Waals surface area contributed by atoms with Crippen LogP contribution in [0.2, 0.25) is 0 Å². The van der Waals surface area contributed by atoms with Gasteiger partial charge < -0.3 is 14.0 Å². The van der Waals surface area contributed by atoms with Crippen LogP contribution in [0, 0.1) is 0 Å². The summed E-state index contributed by atoms with van der Waals surface area (Å²) in [4.78, 5) is 4.37. The molecule has 0 saturated carbocycles. The number of hydrogen-bond donors (Lipinski definition) is 0. The first-order chi connectivity index (χ1) is 11.3. The zero-order valence-corrected chi connectivity index (χ0v) is 14.1. The average Bonchev–Trinajstić information content (AvgIpc) is 3.04. The van der Waals surface area contributed by atoms with Crippen molar-refractivity contribution in [3.05, 3.63) is 58.9 Å². The van der Waals surface area contributed by atoms with Crippen molar-refractivity contribution in [2.45, 2.75) is 13.5 Å². The lowest BCUT2D eigenvalue weighted by Crippen LogP contribution is -1.97. The van der Waals surface area contributed by atoms with Gasteiger partial charge in [0.2, 0.25) is 5.82 Å². The van der Waals surface area contributed by atoms with Crippen LogP contribution in [-0.2, 0) is 6.61 Å². The van der Waals surface area contributed by atoms with E-state index in [9.17, 15) is 0 Å². The summed E-state index contributed by atoms with van der Waals surface area (Å²) in [6.45, 7) is 2.71. The van der Waals surface area contributed by atoms with E-state index in [-0.39, 0.29) is 6.61 Å². The van der Waals surface area contributed by atoms with Crippen molar-refractivity contribution in [2.24, 2.45) is 0 Å². The molecular formula is C17H15BrN2O3. The summed E-state index contributed by atoms with van der Waals surface area (Å²) < 4.78 is 17.4. The number of rotatable bonds is 6. The van der Waals surface area contributed by atoms with Gasteiger partial charge >= 0.3 is 0 Å². The molecule has 118 valence electrons. The molecule has 0 radical (unpaired) electrons. The molecule has 0 aliphatic rings. The molecule has 23 heavy (non-hydrogen) atoms. The molecule has 0 atom stereocenters. The van der Waals surface area contributed by atoms with Crippen molar-refractivity contribution in [3.8, 4) is 22.9 Å². The van der Waals surface area contributed by atoms with Gasteiger partial charge in [-0.1, -0.05) is 29.4 Å². The topological polar surface area (TPSA) is 57.4 Å². The number of hydrogen-bond acceptors (Lipinski definition) is 5. The Balaban J connectivity index is 1.75. The van der Waals surface area contributed by atoms with Gasteiger partial charge in [-0.3, -0.25) is 0 Å². The molecule has 3 rings (SSSR count). The van der Waals surface area contributed by atoms with E-state index >= 15 is 0 Å². The van der Waals surface area contributed by atoms with E-state index < -0.39 is 0 Å². The van der Waals surface area contributed by atoms with Gasteiger partial charge in [0, 0.05) is 0 Å². The SMILES string of the molecule is CCOc1ccccc1-c1noc(COc2ccccc2Br)n1. The number of ether oxygens (including phenoxy) is 2. The van der Waals surface area contributed by atoms with Gasteiger partial charge in [0.05, 0.1) is 16.6 Å². The van der Waals surface area contributed by atoms with Crippen LogP contribution in [0.1, 0.15) is 12.8 Å². The van der Waals surface area contributed by atoms with Gasteiger partial charge in [0.1, 0.15) is 11.5 Å². The molecule has 0 fully saturated rings. The summed E-state index contributed by atoms with van der Waals surface area (Å²) >= 11 is 3.43. The van der Waals surface area contributed by atoms with Gasteiger partial charge in [-0.15, -0.1) is 0 Å². The van der Waals surface area contributed by atoms with Gasteiger partial charge in [-0.25, -0.2) is 0 Å². The van der Waals surface area contributed by atoms with Crippen LogP contribution in [0.15, 0.2) is 57.5 Å². The van der Waals surface area contributed by atoms with Gasteiger partial charge in [0.15, 0.2) is 6.61 Å². The first-order valence-corrected chi connectivity index (χ1v) is 7.99. The molecule has 0 N–H and O–H groups in total. The van der Waals surface area contributed by atoms with Crippen LogP contribution in [-0.4, -0.2) is 16.7 Å². The minimum Gasteiger partial charge on any atom is -0.493 e. The predicted molar refractivity (Wildman–Crippen MR) is 89.4 cm³/mol. The largest absolute Gasteiger partial charge is 0.493 e. The molecule has 1 heterocycles. The van der Waals surface area contributed by atoms with Gasteiger partial charge in [-0.05, 0) is 47.1 Å². The van der Waals surface area contributed by atoms with Crippen LogP contribution >= 0.6 is 15.9 Å². The third-order valence-electron chi connectivity index (χ3n) is 3.08. The van der Waals surface area contributed by atoms with E-state index in [1.165, 1.54) is 0 Å². The molecule has 3 aromatic rings. The Hall–Kier alpha value is -2.34. The average molecular weight is 375 g/mol. The van der Waals surface area contributed by atoms with E-state index in [0.29, 0.717) is 18.3 Å². The maximum absolute atomic E-state index is 5.68. The Morgan fingerprint density at radius 3 is 2.52 bits per heavy atom. The Kier molecular flexibility index (Phi) is 4.92. The van der Waals surface area contributed by atoms with E-state index in [1.807, 2.05) is 55.5 Å². The third-order valence-corrected chi connectivity index (χ3v) is 3.74.